The van der Waals surface area contributed by atoms with Crippen LogP contribution in [0.15, 0.2) is 22.7 Å². The first-order chi connectivity index (χ1) is 10.1. The van der Waals surface area contributed by atoms with Crippen LogP contribution in [0.25, 0.3) is 0 Å². The first-order valence-corrected chi connectivity index (χ1v) is 8.37. The molecule has 4 nitrogen and oxygen atoms in total. The summed E-state index contributed by atoms with van der Waals surface area (Å²) < 4.78 is 6.09. The van der Waals surface area contributed by atoms with E-state index in [9.17, 15) is 4.79 Å². The summed E-state index contributed by atoms with van der Waals surface area (Å²) in [6.07, 6.45) is 1.01. The van der Waals surface area contributed by atoms with Gasteiger partial charge in [-0.15, -0.1) is 0 Å². The first-order valence-electron chi connectivity index (χ1n) is 7.20. The standard InChI is InChI=1S/C15H20BrClN2O2/c1-2-21-15(20)14(19-8-3-6-18-7-9-19)11-4-5-12(16)13(17)10-11/h4-5,10,14,18H,2-3,6-9H2,1H3. The normalized spacial score (nSPS) is 18.0. The molecule has 1 heterocycles. The minimum absolute atomic E-state index is 0.210. The molecule has 116 valence electrons. The van der Waals surface area contributed by atoms with E-state index in [0.29, 0.717) is 11.6 Å². The Morgan fingerprint density at radius 2 is 2.29 bits per heavy atom. The summed E-state index contributed by atoms with van der Waals surface area (Å²) in [5, 5.41) is 3.95. The zero-order valence-corrected chi connectivity index (χ0v) is 14.4. The highest BCUT2D eigenvalue weighted by Gasteiger charge is 2.29. The van der Waals surface area contributed by atoms with Crippen molar-refractivity contribution in [2.45, 2.75) is 19.4 Å². The SMILES string of the molecule is CCOC(=O)C(c1ccc(Br)c(Cl)c1)N1CCCNCC1. The van der Waals surface area contributed by atoms with Crippen LogP contribution in [0.4, 0.5) is 0 Å². The van der Waals surface area contributed by atoms with E-state index in [1.807, 2.05) is 25.1 Å². The maximum absolute atomic E-state index is 12.4. The fourth-order valence-corrected chi connectivity index (χ4v) is 2.96. The third-order valence-corrected chi connectivity index (χ3v) is 4.74. The minimum atomic E-state index is -0.393. The fraction of sp³-hybridized carbons (Fsp3) is 0.533. The van der Waals surface area contributed by atoms with Gasteiger partial charge in [0.1, 0.15) is 6.04 Å². The lowest BCUT2D eigenvalue weighted by Crippen LogP contribution is -2.37. The van der Waals surface area contributed by atoms with E-state index >= 15 is 0 Å². The van der Waals surface area contributed by atoms with Gasteiger partial charge in [-0.3, -0.25) is 4.90 Å². The molecule has 0 aromatic heterocycles. The molecule has 0 radical (unpaired) electrons. The molecule has 2 rings (SSSR count). The number of hydrogen-bond acceptors (Lipinski definition) is 4. The molecular formula is C15H20BrClN2O2. The smallest absolute Gasteiger partial charge is 0.328 e. The van der Waals surface area contributed by atoms with Crippen molar-refractivity contribution < 1.29 is 9.53 Å². The molecule has 1 aromatic rings. The van der Waals surface area contributed by atoms with E-state index in [1.165, 1.54) is 0 Å². The Labute approximate surface area is 138 Å². The van der Waals surface area contributed by atoms with Gasteiger partial charge in [-0.2, -0.15) is 0 Å². The molecule has 1 saturated heterocycles. The number of halogens is 2. The van der Waals surface area contributed by atoms with Crippen molar-refractivity contribution in [2.75, 3.05) is 32.8 Å². The van der Waals surface area contributed by atoms with Crippen LogP contribution < -0.4 is 5.32 Å². The molecule has 0 amide bonds. The van der Waals surface area contributed by atoms with E-state index in [4.69, 9.17) is 16.3 Å². The van der Waals surface area contributed by atoms with Crippen molar-refractivity contribution in [2.24, 2.45) is 0 Å². The van der Waals surface area contributed by atoms with Crippen LogP contribution in [0.1, 0.15) is 24.9 Å². The van der Waals surface area contributed by atoms with Crippen molar-refractivity contribution in [3.05, 3.63) is 33.3 Å². The van der Waals surface area contributed by atoms with Gasteiger partial charge < -0.3 is 10.1 Å². The summed E-state index contributed by atoms with van der Waals surface area (Å²) in [5.74, 6) is -0.210. The average Bonchev–Trinajstić information content (AvgIpc) is 2.72. The van der Waals surface area contributed by atoms with Crippen LogP contribution in [-0.2, 0) is 9.53 Å². The lowest BCUT2D eigenvalue weighted by atomic mass is 10.0. The Balaban J connectivity index is 2.29. The summed E-state index contributed by atoms with van der Waals surface area (Å²) >= 11 is 9.56. The van der Waals surface area contributed by atoms with E-state index in [0.717, 1.165) is 42.6 Å². The highest BCUT2D eigenvalue weighted by Crippen LogP contribution is 2.29. The predicted molar refractivity (Wildman–Crippen MR) is 87.6 cm³/mol. The van der Waals surface area contributed by atoms with Crippen molar-refractivity contribution in [1.82, 2.24) is 10.2 Å². The Bertz CT molecular complexity index is 491. The molecule has 1 fully saturated rings. The minimum Gasteiger partial charge on any atom is -0.465 e. The first kappa shape index (κ1) is 16.7. The topological polar surface area (TPSA) is 41.6 Å². The second kappa shape index (κ2) is 8.13. The van der Waals surface area contributed by atoms with Crippen molar-refractivity contribution in [1.29, 1.82) is 0 Å². The van der Waals surface area contributed by atoms with Crippen molar-refractivity contribution in [3.8, 4) is 0 Å². The Morgan fingerprint density at radius 1 is 1.48 bits per heavy atom. The maximum atomic E-state index is 12.4. The predicted octanol–water partition coefficient (Wildman–Crippen LogP) is 3.00. The highest BCUT2D eigenvalue weighted by molar-refractivity contribution is 9.10. The van der Waals surface area contributed by atoms with Gasteiger partial charge >= 0.3 is 5.97 Å². The molecule has 21 heavy (non-hydrogen) atoms. The molecule has 0 spiro atoms. The molecular weight excluding hydrogens is 356 g/mol. The number of nitrogens with zero attached hydrogens (tertiary/aromatic N) is 1. The third kappa shape index (κ3) is 4.42. The fourth-order valence-electron chi connectivity index (χ4n) is 2.52. The van der Waals surface area contributed by atoms with Crippen molar-refractivity contribution in [3.63, 3.8) is 0 Å². The number of nitrogens with one attached hydrogen (secondary N) is 1. The third-order valence-electron chi connectivity index (χ3n) is 3.51. The van der Waals surface area contributed by atoms with Gasteiger partial charge in [-0.05, 0) is 53.5 Å². The van der Waals surface area contributed by atoms with Crippen LogP contribution in [0.3, 0.4) is 0 Å². The number of ether oxygens (including phenoxy) is 1. The zero-order chi connectivity index (χ0) is 15.2. The van der Waals surface area contributed by atoms with Crippen LogP contribution >= 0.6 is 27.5 Å². The van der Waals surface area contributed by atoms with Gasteiger partial charge in [0.2, 0.25) is 0 Å². The molecule has 1 unspecified atom stereocenters. The lowest BCUT2D eigenvalue weighted by Gasteiger charge is -2.29. The van der Waals surface area contributed by atoms with Gasteiger partial charge in [-0.25, -0.2) is 4.79 Å². The van der Waals surface area contributed by atoms with Crippen LogP contribution in [0.2, 0.25) is 5.02 Å². The highest BCUT2D eigenvalue weighted by atomic mass is 79.9. The number of hydrogen-bond donors (Lipinski definition) is 1. The van der Waals surface area contributed by atoms with Crippen LogP contribution in [0.5, 0.6) is 0 Å². The summed E-state index contributed by atoms with van der Waals surface area (Å²) in [4.78, 5) is 14.6. The Hall–Kier alpha value is -0.620. The molecule has 1 aromatic carbocycles. The molecule has 0 saturated carbocycles. The molecule has 1 atom stereocenters. The second-order valence-electron chi connectivity index (χ2n) is 4.97. The monoisotopic (exact) mass is 374 g/mol. The molecule has 1 N–H and O–H groups in total. The summed E-state index contributed by atoms with van der Waals surface area (Å²) in [6, 6.07) is 5.25. The molecule has 1 aliphatic heterocycles. The number of carbonyl (C=O) groups excluding carboxylic acids is 1. The van der Waals surface area contributed by atoms with Gasteiger partial charge in [0, 0.05) is 24.1 Å². The largest absolute Gasteiger partial charge is 0.465 e. The number of benzene rings is 1. The van der Waals surface area contributed by atoms with Gasteiger partial charge in [0.25, 0.3) is 0 Å². The summed E-state index contributed by atoms with van der Waals surface area (Å²) in [6.45, 7) is 5.74. The second-order valence-corrected chi connectivity index (χ2v) is 6.23. The van der Waals surface area contributed by atoms with E-state index in [1.54, 1.807) is 0 Å². The Kier molecular flexibility index (Phi) is 6.48. The molecule has 1 aliphatic rings. The van der Waals surface area contributed by atoms with E-state index in [2.05, 4.69) is 26.1 Å². The summed E-state index contributed by atoms with van der Waals surface area (Å²) in [5.41, 5.74) is 0.878. The van der Waals surface area contributed by atoms with Gasteiger partial charge in [0.15, 0.2) is 0 Å². The van der Waals surface area contributed by atoms with Crippen LogP contribution in [0, 0.1) is 0 Å². The van der Waals surface area contributed by atoms with Gasteiger partial charge in [0.05, 0.1) is 11.6 Å². The molecule has 6 heteroatoms. The summed E-state index contributed by atoms with van der Waals surface area (Å²) in [7, 11) is 0. The maximum Gasteiger partial charge on any atom is 0.328 e. The molecule has 0 bridgehead atoms. The number of carbonyl (C=O) groups is 1. The molecule has 0 aliphatic carbocycles. The number of esters is 1. The average molecular weight is 376 g/mol. The van der Waals surface area contributed by atoms with Gasteiger partial charge in [-0.1, -0.05) is 17.7 Å². The van der Waals surface area contributed by atoms with Crippen molar-refractivity contribution >= 4 is 33.5 Å². The number of rotatable bonds is 4. The van der Waals surface area contributed by atoms with E-state index in [-0.39, 0.29) is 5.97 Å². The zero-order valence-electron chi connectivity index (χ0n) is 12.1. The lowest BCUT2D eigenvalue weighted by molar-refractivity contribution is -0.149. The van der Waals surface area contributed by atoms with E-state index < -0.39 is 6.04 Å². The Morgan fingerprint density at radius 3 is 3.00 bits per heavy atom. The quantitative estimate of drug-likeness (QED) is 0.822. The van der Waals surface area contributed by atoms with Crippen LogP contribution in [-0.4, -0.2) is 43.7 Å².